The largest absolute Gasteiger partial charge is 0.274 e. The Morgan fingerprint density at radius 1 is 1.40 bits per heavy atom. The first-order valence-corrected chi connectivity index (χ1v) is 6.40. The minimum atomic E-state index is -3.75. The molecule has 0 saturated carbocycles. The van der Waals surface area contributed by atoms with Crippen LogP contribution >= 0.6 is 15.9 Å². The molecule has 0 aliphatic carbocycles. The highest BCUT2D eigenvalue weighted by molar-refractivity contribution is 9.10. The summed E-state index contributed by atoms with van der Waals surface area (Å²) in [5.41, 5.74) is 0.934. The number of amides is 1. The van der Waals surface area contributed by atoms with Crippen LogP contribution in [0, 0.1) is 6.92 Å². The van der Waals surface area contributed by atoms with Crippen LogP contribution in [-0.2, 0) is 14.8 Å². The fraction of sp³-hybridized carbons (Fsp3) is 0.222. The van der Waals surface area contributed by atoms with Crippen molar-refractivity contribution in [3.63, 3.8) is 0 Å². The third kappa shape index (κ3) is 3.04. The minimum Gasteiger partial charge on any atom is -0.274 e. The zero-order valence-electron chi connectivity index (χ0n) is 8.24. The molecule has 0 aliphatic heterocycles. The van der Waals surface area contributed by atoms with Crippen molar-refractivity contribution in [2.75, 3.05) is 0 Å². The topological polar surface area (TPSA) is 63.2 Å². The van der Waals surface area contributed by atoms with Crippen LogP contribution in [-0.4, -0.2) is 14.3 Å². The number of nitrogens with one attached hydrogen (secondary N) is 1. The third-order valence-corrected chi connectivity index (χ3v) is 4.06. The summed E-state index contributed by atoms with van der Waals surface area (Å²) in [5, 5.41) is 0. The van der Waals surface area contributed by atoms with Gasteiger partial charge in [-0.2, -0.15) is 0 Å². The predicted molar refractivity (Wildman–Crippen MR) is 59.9 cm³/mol. The number of rotatable bonds is 2. The first kappa shape index (κ1) is 12.2. The summed E-state index contributed by atoms with van der Waals surface area (Å²) in [4.78, 5) is 10.8. The Bertz CT molecular complexity index is 496. The van der Waals surface area contributed by atoms with E-state index in [-0.39, 0.29) is 4.90 Å². The minimum absolute atomic E-state index is 0.0586. The van der Waals surface area contributed by atoms with E-state index in [9.17, 15) is 13.2 Å². The number of aryl methyl sites for hydroxylation is 1. The molecular weight excluding hydrogens is 282 g/mol. The first-order chi connectivity index (χ1) is 6.83. The van der Waals surface area contributed by atoms with Gasteiger partial charge in [-0.25, -0.2) is 13.1 Å². The second-order valence-corrected chi connectivity index (χ2v) is 5.60. The highest BCUT2D eigenvalue weighted by Gasteiger charge is 2.18. The van der Waals surface area contributed by atoms with E-state index < -0.39 is 15.9 Å². The molecule has 1 amide bonds. The molecule has 1 aromatic rings. The Balaban J connectivity index is 3.22. The van der Waals surface area contributed by atoms with E-state index in [1.54, 1.807) is 12.1 Å². The quantitative estimate of drug-likeness (QED) is 0.900. The summed E-state index contributed by atoms with van der Waals surface area (Å²) in [7, 11) is -3.75. The molecule has 6 heteroatoms. The van der Waals surface area contributed by atoms with Gasteiger partial charge in [-0.1, -0.05) is 6.07 Å². The number of hydrogen-bond acceptors (Lipinski definition) is 3. The molecule has 15 heavy (non-hydrogen) atoms. The molecule has 0 saturated heterocycles. The van der Waals surface area contributed by atoms with Gasteiger partial charge in [0.05, 0.1) is 0 Å². The Hall–Kier alpha value is -0.880. The number of halogens is 1. The van der Waals surface area contributed by atoms with Crippen LogP contribution < -0.4 is 4.72 Å². The van der Waals surface area contributed by atoms with Crippen molar-refractivity contribution < 1.29 is 13.2 Å². The number of benzene rings is 1. The standard InChI is InChI=1S/C9H10BrNO3S/c1-6-3-4-9(8(10)5-6)15(13,14)11-7(2)12/h3-5H,1-2H3,(H,11,12). The van der Waals surface area contributed by atoms with E-state index in [2.05, 4.69) is 15.9 Å². The van der Waals surface area contributed by atoms with E-state index in [0.717, 1.165) is 12.5 Å². The Morgan fingerprint density at radius 3 is 2.47 bits per heavy atom. The monoisotopic (exact) mass is 291 g/mol. The summed E-state index contributed by atoms with van der Waals surface area (Å²) in [6, 6.07) is 4.79. The van der Waals surface area contributed by atoms with E-state index >= 15 is 0 Å². The number of hydrogen-bond donors (Lipinski definition) is 1. The van der Waals surface area contributed by atoms with E-state index in [4.69, 9.17) is 0 Å². The lowest BCUT2D eigenvalue weighted by Crippen LogP contribution is -2.28. The van der Waals surface area contributed by atoms with Gasteiger partial charge in [-0.3, -0.25) is 4.79 Å². The van der Waals surface area contributed by atoms with Crippen LogP contribution in [0.1, 0.15) is 12.5 Å². The zero-order valence-corrected chi connectivity index (χ0v) is 10.6. The van der Waals surface area contributed by atoms with Crippen LogP contribution in [0.2, 0.25) is 0 Å². The maximum atomic E-state index is 11.6. The van der Waals surface area contributed by atoms with Crippen LogP contribution in [0.25, 0.3) is 0 Å². The molecule has 0 bridgehead atoms. The second kappa shape index (κ2) is 4.32. The first-order valence-electron chi connectivity index (χ1n) is 4.12. The average molecular weight is 292 g/mol. The fourth-order valence-electron chi connectivity index (χ4n) is 1.07. The molecule has 0 aromatic heterocycles. The smallest absolute Gasteiger partial charge is 0.265 e. The average Bonchev–Trinajstić information content (AvgIpc) is 1.99. The van der Waals surface area contributed by atoms with Gasteiger partial charge in [0.1, 0.15) is 4.90 Å². The Morgan fingerprint density at radius 2 is 2.00 bits per heavy atom. The maximum absolute atomic E-state index is 11.6. The maximum Gasteiger partial charge on any atom is 0.265 e. The summed E-state index contributed by atoms with van der Waals surface area (Å²) in [5.74, 6) is -0.609. The lowest BCUT2D eigenvalue weighted by Gasteiger charge is -2.07. The van der Waals surface area contributed by atoms with E-state index in [1.807, 2.05) is 11.6 Å². The van der Waals surface area contributed by atoms with Crippen LogP contribution in [0.15, 0.2) is 27.6 Å². The van der Waals surface area contributed by atoms with E-state index in [0.29, 0.717) is 4.47 Å². The van der Waals surface area contributed by atoms with Crippen LogP contribution in [0.3, 0.4) is 0 Å². The van der Waals surface area contributed by atoms with Gasteiger partial charge in [0, 0.05) is 11.4 Å². The summed E-state index contributed by atoms with van der Waals surface area (Å²) < 4.78 is 25.6. The molecule has 0 fully saturated rings. The predicted octanol–water partition coefficient (Wildman–Crippen LogP) is 1.58. The van der Waals surface area contributed by atoms with Gasteiger partial charge in [0.2, 0.25) is 5.91 Å². The van der Waals surface area contributed by atoms with Crippen molar-refractivity contribution in [2.45, 2.75) is 18.7 Å². The lowest BCUT2D eigenvalue weighted by molar-refractivity contribution is -0.117. The normalized spacial score (nSPS) is 11.1. The third-order valence-electron chi connectivity index (χ3n) is 1.65. The molecule has 0 atom stereocenters. The SMILES string of the molecule is CC(=O)NS(=O)(=O)c1ccc(C)cc1Br. The fourth-order valence-corrected chi connectivity index (χ4v) is 3.25. The molecule has 4 nitrogen and oxygen atoms in total. The van der Waals surface area contributed by atoms with Crippen molar-refractivity contribution in [3.8, 4) is 0 Å². The molecule has 1 N–H and O–H groups in total. The summed E-state index contributed by atoms with van der Waals surface area (Å²) >= 11 is 3.14. The number of carbonyl (C=O) groups is 1. The van der Waals surface area contributed by atoms with Gasteiger partial charge in [-0.15, -0.1) is 0 Å². The Kier molecular flexibility index (Phi) is 3.51. The van der Waals surface area contributed by atoms with Gasteiger partial charge in [0.15, 0.2) is 0 Å². The molecular formula is C9H10BrNO3S. The van der Waals surface area contributed by atoms with Crippen molar-refractivity contribution in [3.05, 3.63) is 28.2 Å². The molecule has 0 heterocycles. The molecule has 0 spiro atoms. The number of carbonyl (C=O) groups excluding carboxylic acids is 1. The summed E-state index contributed by atoms with van der Waals surface area (Å²) in [6.45, 7) is 3.00. The van der Waals surface area contributed by atoms with Gasteiger partial charge in [-0.05, 0) is 40.5 Å². The highest BCUT2D eigenvalue weighted by Crippen LogP contribution is 2.22. The highest BCUT2D eigenvalue weighted by atomic mass is 79.9. The molecule has 82 valence electrons. The van der Waals surface area contributed by atoms with Crippen molar-refractivity contribution in [1.82, 2.24) is 4.72 Å². The molecule has 1 aromatic carbocycles. The van der Waals surface area contributed by atoms with Gasteiger partial charge in [0.25, 0.3) is 10.0 Å². The molecule has 1 rings (SSSR count). The van der Waals surface area contributed by atoms with Crippen molar-refractivity contribution in [2.24, 2.45) is 0 Å². The lowest BCUT2D eigenvalue weighted by atomic mass is 10.2. The van der Waals surface area contributed by atoms with Crippen LogP contribution in [0.4, 0.5) is 0 Å². The molecule has 0 radical (unpaired) electrons. The number of sulfonamides is 1. The zero-order chi connectivity index (χ0) is 11.6. The van der Waals surface area contributed by atoms with E-state index in [1.165, 1.54) is 6.07 Å². The van der Waals surface area contributed by atoms with Crippen molar-refractivity contribution >= 4 is 31.9 Å². The summed E-state index contributed by atoms with van der Waals surface area (Å²) in [6.07, 6.45) is 0. The Labute approximate surface area is 96.9 Å². The molecule has 0 unspecified atom stereocenters. The van der Waals surface area contributed by atoms with Gasteiger partial charge < -0.3 is 0 Å². The van der Waals surface area contributed by atoms with Crippen molar-refractivity contribution in [1.29, 1.82) is 0 Å². The second-order valence-electron chi connectivity index (χ2n) is 3.10. The van der Waals surface area contributed by atoms with Crippen LogP contribution in [0.5, 0.6) is 0 Å². The molecule has 0 aliphatic rings. The van der Waals surface area contributed by atoms with Gasteiger partial charge >= 0.3 is 0 Å².